The Morgan fingerprint density at radius 3 is 2.80 bits per heavy atom. The quantitative estimate of drug-likeness (QED) is 0.798. The topological polar surface area (TPSA) is 38.8 Å². The molecule has 1 aromatic carbocycles. The fraction of sp³-hybridized carbons (Fsp3) is 0.562. The molecule has 20 heavy (non-hydrogen) atoms. The first kappa shape index (κ1) is 14.9. The van der Waals surface area contributed by atoms with Gasteiger partial charge in [0.05, 0.1) is 13.7 Å². The van der Waals surface area contributed by atoms with Gasteiger partial charge in [0.15, 0.2) is 0 Å². The molecule has 0 radical (unpaired) electrons. The molecule has 1 atom stereocenters. The highest BCUT2D eigenvalue weighted by Crippen LogP contribution is 2.25. The molecule has 0 aromatic heterocycles. The first-order valence-electron chi connectivity index (χ1n) is 7.04. The highest BCUT2D eigenvalue weighted by molar-refractivity contribution is 5.78. The van der Waals surface area contributed by atoms with Crippen LogP contribution in [0.15, 0.2) is 18.2 Å². The second-order valence-corrected chi connectivity index (χ2v) is 5.40. The first-order chi connectivity index (χ1) is 9.63. The summed E-state index contributed by atoms with van der Waals surface area (Å²) in [6, 6.07) is 6.15. The number of ether oxygens (including phenoxy) is 2. The Hall–Kier alpha value is -1.55. The normalized spacial score (nSPS) is 18.6. The zero-order valence-corrected chi connectivity index (χ0v) is 12.5. The lowest BCUT2D eigenvalue weighted by molar-refractivity contribution is -0.128. The molecule has 1 aliphatic rings. The van der Waals surface area contributed by atoms with E-state index in [-0.39, 0.29) is 5.91 Å². The molecule has 4 nitrogen and oxygen atoms in total. The number of hydrogen-bond acceptors (Lipinski definition) is 3. The third-order valence-corrected chi connectivity index (χ3v) is 3.92. The molecule has 1 fully saturated rings. The Morgan fingerprint density at radius 1 is 1.35 bits per heavy atom. The standard InChI is InChI=1S/C16H23NO3/c1-12-8-15(20-3)5-4-14(12)9-13-10-16(18)17(11-13)6-7-19-2/h4-5,8,13H,6-7,9-11H2,1-3H3/t13-/m0/s1. The lowest BCUT2D eigenvalue weighted by atomic mass is 9.95. The van der Waals surface area contributed by atoms with Gasteiger partial charge in [-0.1, -0.05) is 6.07 Å². The molecule has 110 valence electrons. The van der Waals surface area contributed by atoms with Gasteiger partial charge in [0.2, 0.25) is 5.91 Å². The van der Waals surface area contributed by atoms with Gasteiger partial charge in [0, 0.05) is 26.6 Å². The van der Waals surface area contributed by atoms with Gasteiger partial charge >= 0.3 is 0 Å². The second kappa shape index (κ2) is 6.75. The number of rotatable bonds is 6. The van der Waals surface area contributed by atoms with Crippen LogP contribution >= 0.6 is 0 Å². The third kappa shape index (κ3) is 3.51. The van der Waals surface area contributed by atoms with Gasteiger partial charge in [-0.25, -0.2) is 0 Å². The van der Waals surface area contributed by atoms with E-state index in [1.54, 1.807) is 14.2 Å². The minimum absolute atomic E-state index is 0.248. The van der Waals surface area contributed by atoms with E-state index in [1.165, 1.54) is 11.1 Å². The van der Waals surface area contributed by atoms with Crippen LogP contribution in [0, 0.1) is 12.8 Å². The Bertz CT molecular complexity index is 473. The van der Waals surface area contributed by atoms with E-state index >= 15 is 0 Å². The number of carbonyl (C=O) groups excluding carboxylic acids is 1. The van der Waals surface area contributed by atoms with Crippen LogP contribution in [0.25, 0.3) is 0 Å². The molecule has 1 saturated heterocycles. The van der Waals surface area contributed by atoms with Crippen LogP contribution in [0.5, 0.6) is 5.75 Å². The maximum absolute atomic E-state index is 11.9. The van der Waals surface area contributed by atoms with Crippen molar-refractivity contribution < 1.29 is 14.3 Å². The Kier molecular flexibility index (Phi) is 5.01. The number of benzene rings is 1. The Labute approximate surface area is 120 Å². The molecule has 1 aliphatic heterocycles. The van der Waals surface area contributed by atoms with Gasteiger partial charge in [-0.3, -0.25) is 4.79 Å². The highest BCUT2D eigenvalue weighted by Gasteiger charge is 2.29. The molecule has 0 aliphatic carbocycles. The minimum Gasteiger partial charge on any atom is -0.497 e. The van der Waals surface area contributed by atoms with E-state index in [0.717, 1.165) is 18.7 Å². The number of carbonyl (C=O) groups is 1. The number of amides is 1. The first-order valence-corrected chi connectivity index (χ1v) is 7.04. The van der Waals surface area contributed by atoms with Crippen molar-refractivity contribution in [2.24, 2.45) is 5.92 Å². The van der Waals surface area contributed by atoms with E-state index in [0.29, 0.717) is 25.5 Å². The lowest BCUT2D eigenvalue weighted by Gasteiger charge is -2.16. The molecule has 0 spiro atoms. The molecule has 1 heterocycles. The number of methoxy groups -OCH3 is 2. The third-order valence-electron chi connectivity index (χ3n) is 3.92. The van der Waals surface area contributed by atoms with E-state index in [4.69, 9.17) is 9.47 Å². The summed E-state index contributed by atoms with van der Waals surface area (Å²) in [4.78, 5) is 13.8. The van der Waals surface area contributed by atoms with Gasteiger partial charge in [-0.05, 0) is 42.5 Å². The summed E-state index contributed by atoms with van der Waals surface area (Å²) < 4.78 is 10.3. The smallest absolute Gasteiger partial charge is 0.223 e. The summed E-state index contributed by atoms with van der Waals surface area (Å²) in [7, 11) is 3.34. The predicted octanol–water partition coefficient (Wildman–Crippen LogP) is 2.04. The molecule has 0 saturated carbocycles. The molecule has 1 amide bonds. The number of aryl methyl sites for hydroxylation is 1. The number of hydrogen-bond donors (Lipinski definition) is 0. The van der Waals surface area contributed by atoms with Crippen molar-refractivity contribution in [1.29, 1.82) is 0 Å². The molecule has 1 aromatic rings. The summed E-state index contributed by atoms with van der Waals surface area (Å²) in [6.07, 6.45) is 1.60. The lowest BCUT2D eigenvalue weighted by Crippen LogP contribution is -2.28. The van der Waals surface area contributed by atoms with E-state index in [9.17, 15) is 4.79 Å². The maximum Gasteiger partial charge on any atom is 0.223 e. The minimum atomic E-state index is 0.248. The summed E-state index contributed by atoms with van der Waals surface area (Å²) >= 11 is 0. The fourth-order valence-corrected chi connectivity index (χ4v) is 2.74. The molecular formula is C16H23NO3. The van der Waals surface area contributed by atoms with Crippen molar-refractivity contribution in [1.82, 2.24) is 4.90 Å². The largest absolute Gasteiger partial charge is 0.497 e. The maximum atomic E-state index is 11.9. The van der Waals surface area contributed by atoms with Gasteiger partial charge < -0.3 is 14.4 Å². The van der Waals surface area contributed by atoms with Crippen LogP contribution in [0.1, 0.15) is 17.5 Å². The average Bonchev–Trinajstić information content (AvgIpc) is 2.79. The Morgan fingerprint density at radius 2 is 2.15 bits per heavy atom. The molecule has 0 unspecified atom stereocenters. The fourth-order valence-electron chi connectivity index (χ4n) is 2.74. The van der Waals surface area contributed by atoms with Gasteiger partial charge in [0.1, 0.15) is 5.75 Å². The SMILES string of the molecule is COCCN1C[C@@H](Cc2ccc(OC)cc2C)CC1=O. The van der Waals surface area contributed by atoms with Crippen molar-refractivity contribution in [3.05, 3.63) is 29.3 Å². The number of nitrogens with zero attached hydrogens (tertiary/aromatic N) is 1. The van der Waals surface area contributed by atoms with Crippen molar-refractivity contribution in [3.63, 3.8) is 0 Å². The van der Waals surface area contributed by atoms with Crippen molar-refractivity contribution in [3.8, 4) is 5.75 Å². The number of likely N-dealkylation sites (tertiary alicyclic amines) is 1. The van der Waals surface area contributed by atoms with Gasteiger partial charge in [-0.15, -0.1) is 0 Å². The zero-order valence-electron chi connectivity index (χ0n) is 12.5. The molecule has 0 bridgehead atoms. The molecular weight excluding hydrogens is 254 g/mol. The zero-order chi connectivity index (χ0) is 14.5. The van der Waals surface area contributed by atoms with Crippen molar-refractivity contribution in [2.75, 3.05) is 33.9 Å². The average molecular weight is 277 g/mol. The molecule has 0 N–H and O–H groups in total. The second-order valence-electron chi connectivity index (χ2n) is 5.40. The van der Waals surface area contributed by atoms with Crippen LogP contribution in [-0.2, 0) is 16.0 Å². The van der Waals surface area contributed by atoms with Crippen LogP contribution < -0.4 is 4.74 Å². The van der Waals surface area contributed by atoms with Crippen LogP contribution in [0.2, 0.25) is 0 Å². The summed E-state index contributed by atoms with van der Waals surface area (Å²) in [5.41, 5.74) is 2.53. The summed E-state index contributed by atoms with van der Waals surface area (Å²) in [6.45, 7) is 4.25. The molecule has 4 heteroatoms. The van der Waals surface area contributed by atoms with Crippen LogP contribution in [0.4, 0.5) is 0 Å². The van der Waals surface area contributed by atoms with E-state index in [1.807, 2.05) is 11.0 Å². The van der Waals surface area contributed by atoms with Gasteiger partial charge in [0.25, 0.3) is 0 Å². The predicted molar refractivity (Wildman–Crippen MR) is 78.0 cm³/mol. The van der Waals surface area contributed by atoms with E-state index in [2.05, 4.69) is 19.1 Å². The monoisotopic (exact) mass is 277 g/mol. The highest BCUT2D eigenvalue weighted by atomic mass is 16.5. The van der Waals surface area contributed by atoms with Gasteiger partial charge in [-0.2, -0.15) is 0 Å². The summed E-state index contributed by atoms with van der Waals surface area (Å²) in [5, 5.41) is 0. The van der Waals surface area contributed by atoms with Crippen molar-refractivity contribution in [2.45, 2.75) is 19.8 Å². The van der Waals surface area contributed by atoms with E-state index < -0.39 is 0 Å². The van der Waals surface area contributed by atoms with Crippen LogP contribution in [-0.4, -0.2) is 44.7 Å². The van der Waals surface area contributed by atoms with Crippen LogP contribution in [0.3, 0.4) is 0 Å². The molecule has 2 rings (SSSR count). The Balaban J connectivity index is 1.96. The van der Waals surface area contributed by atoms with Crippen molar-refractivity contribution >= 4 is 5.91 Å². The summed E-state index contributed by atoms with van der Waals surface area (Å²) in [5.74, 6) is 1.54.